The number of furan rings is 1. The number of nitrogens with zero attached hydrogens (tertiary/aromatic N) is 1. The summed E-state index contributed by atoms with van der Waals surface area (Å²) in [6, 6.07) is 85.3. The van der Waals surface area contributed by atoms with E-state index >= 15 is 0 Å². The molecule has 63 heavy (non-hydrogen) atoms. The van der Waals surface area contributed by atoms with Crippen molar-refractivity contribution in [1.29, 1.82) is 0 Å². The van der Waals surface area contributed by atoms with Crippen molar-refractivity contribution in [3.05, 3.63) is 237 Å². The van der Waals surface area contributed by atoms with Gasteiger partial charge in [-0.25, -0.2) is 0 Å². The molecule has 0 N–H and O–H groups in total. The normalized spacial score (nSPS) is 11.5. The minimum Gasteiger partial charge on any atom is -0.455 e. The van der Waals surface area contributed by atoms with Gasteiger partial charge in [0.2, 0.25) is 0 Å². The first kappa shape index (κ1) is 36.8. The zero-order valence-corrected chi connectivity index (χ0v) is 35.1. The van der Waals surface area contributed by atoms with Gasteiger partial charge in [0.15, 0.2) is 0 Å². The Hall–Kier alpha value is -7.98. The smallest absolute Gasteiger partial charge is 0.143 e. The van der Waals surface area contributed by atoms with Crippen molar-refractivity contribution in [2.24, 2.45) is 0 Å². The van der Waals surface area contributed by atoms with Crippen molar-refractivity contribution in [2.45, 2.75) is 0 Å². The van der Waals surface area contributed by atoms with E-state index in [9.17, 15) is 0 Å². The molecule has 0 atom stereocenters. The minimum atomic E-state index is 0.888. The highest BCUT2D eigenvalue weighted by molar-refractivity contribution is 7.26. The summed E-state index contributed by atoms with van der Waals surface area (Å²) in [5.41, 5.74) is 16.7. The molecule has 0 bridgehead atoms. The van der Waals surface area contributed by atoms with Crippen molar-refractivity contribution in [2.75, 3.05) is 4.90 Å². The number of benzene rings is 10. The van der Waals surface area contributed by atoms with E-state index in [-0.39, 0.29) is 0 Å². The van der Waals surface area contributed by atoms with Crippen LogP contribution >= 0.6 is 11.3 Å². The third-order valence-corrected chi connectivity index (χ3v) is 13.5. The lowest BCUT2D eigenvalue weighted by Gasteiger charge is -2.27. The van der Waals surface area contributed by atoms with Crippen LogP contribution in [0.1, 0.15) is 0 Å². The lowest BCUT2D eigenvalue weighted by molar-refractivity contribution is 0.670. The molecule has 3 heteroatoms. The molecule has 0 radical (unpaired) electrons. The Balaban J connectivity index is 0.978. The van der Waals surface area contributed by atoms with Gasteiger partial charge in [-0.3, -0.25) is 0 Å². The highest BCUT2D eigenvalue weighted by Crippen LogP contribution is 2.44. The molecule has 2 heterocycles. The van der Waals surface area contributed by atoms with Crippen molar-refractivity contribution in [1.82, 2.24) is 0 Å². The molecule has 12 rings (SSSR count). The number of fused-ring (bicyclic) bond motifs is 6. The average Bonchev–Trinajstić information content (AvgIpc) is 3.94. The van der Waals surface area contributed by atoms with Crippen molar-refractivity contribution in [3.63, 3.8) is 0 Å². The number of hydrogen-bond acceptors (Lipinski definition) is 3. The molecule has 2 aromatic heterocycles. The average molecular weight is 822 g/mol. The molecule has 296 valence electrons. The van der Waals surface area contributed by atoms with Gasteiger partial charge in [-0.1, -0.05) is 176 Å². The Morgan fingerprint density at radius 3 is 1.48 bits per heavy atom. The quantitative estimate of drug-likeness (QED) is 0.152. The maximum atomic E-state index is 6.53. The molecule has 0 fully saturated rings. The molecule has 2 nitrogen and oxygen atoms in total. The fourth-order valence-corrected chi connectivity index (χ4v) is 10.4. The van der Waals surface area contributed by atoms with Crippen LogP contribution in [-0.4, -0.2) is 0 Å². The van der Waals surface area contributed by atoms with E-state index in [1.54, 1.807) is 0 Å². The summed E-state index contributed by atoms with van der Waals surface area (Å²) in [5.74, 6) is 0. The summed E-state index contributed by atoms with van der Waals surface area (Å²) in [6.07, 6.45) is 0. The molecule has 0 aliphatic heterocycles. The topological polar surface area (TPSA) is 16.4 Å². The molecule has 12 aromatic rings. The Kier molecular flexibility index (Phi) is 9.06. The van der Waals surface area contributed by atoms with Gasteiger partial charge in [-0.2, -0.15) is 0 Å². The van der Waals surface area contributed by atoms with Gasteiger partial charge in [0.25, 0.3) is 0 Å². The van der Waals surface area contributed by atoms with E-state index in [1.165, 1.54) is 42.4 Å². The maximum Gasteiger partial charge on any atom is 0.143 e. The molecule has 0 spiro atoms. The molecule has 0 saturated carbocycles. The van der Waals surface area contributed by atoms with Crippen LogP contribution in [0.2, 0.25) is 0 Å². The van der Waals surface area contributed by atoms with E-state index in [2.05, 4.69) is 235 Å². The van der Waals surface area contributed by atoms with Gasteiger partial charge >= 0.3 is 0 Å². The first-order valence-electron chi connectivity index (χ1n) is 21.4. The number of anilines is 3. The van der Waals surface area contributed by atoms with Crippen molar-refractivity contribution < 1.29 is 4.42 Å². The maximum absolute atomic E-state index is 6.53. The Morgan fingerprint density at radius 1 is 0.302 bits per heavy atom. The zero-order chi connectivity index (χ0) is 41.7. The summed E-state index contributed by atoms with van der Waals surface area (Å²) in [4.78, 5) is 2.39. The molecular formula is C60H39NOS. The number of rotatable bonds is 8. The predicted octanol–water partition coefficient (Wildman–Crippen LogP) is 17.8. The molecule has 0 aliphatic carbocycles. The van der Waals surface area contributed by atoms with Crippen LogP contribution in [0.5, 0.6) is 0 Å². The van der Waals surface area contributed by atoms with Gasteiger partial charge in [-0.05, 0) is 111 Å². The highest BCUT2D eigenvalue weighted by atomic mass is 32.1. The third-order valence-electron chi connectivity index (χ3n) is 12.3. The van der Waals surface area contributed by atoms with E-state index in [0.717, 1.165) is 72.4 Å². The third kappa shape index (κ3) is 6.67. The molecular weight excluding hydrogens is 783 g/mol. The summed E-state index contributed by atoms with van der Waals surface area (Å²) in [7, 11) is 0. The number of thiophene rings is 1. The monoisotopic (exact) mass is 821 g/mol. The van der Waals surface area contributed by atoms with Crippen LogP contribution in [-0.2, 0) is 0 Å². The van der Waals surface area contributed by atoms with Crippen LogP contribution in [0.25, 0.3) is 97.7 Å². The van der Waals surface area contributed by atoms with Gasteiger partial charge in [0, 0.05) is 53.6 Å². The standard InChI is InChI=1S/C60H39NOS/c1-4-14-40(15-5-1)46-36-47(41-16-6-2-7-17-41)38-50(37-46)61(49-33-28-44(29-34-49)52-22-13-24-55-53-20-10-11-25-58(53)63-60(52)55)48-31-26-42(27-32-48)45-30-35-57-56(39-45)54-23-12-21-51(59(54)62-57)43-18-8-3-9-19-43/h1-39H. The SMILES string of the molecule is c1ccc(-c2cc(-c3ccccc3)cc(N(c3ccc(-c4ccc5oc6c(-c7ccccc7)cccc6c5c4)cc3)c3ccc(-c4cccc5c4sc4ccccc45)cc3)c2)cc1. The second kappa shape index (κ2) is 15.5. The molecule has 0 saturated heterocycles. The van der Waals surface area contributed by atoms with Gasteiger partial charge in [0.1, 0.15) is 11.2 Å². The summed E-state index contributed by atoms with van der Waals surface area (Å²) >= 11 is 1.87. The fourth-order valence-electron chi connectivity index (χ4n) is 9.17. The first-order valence-corrected chi connectivity index (χ1v) is 22.2. The molecule has 0 unspecified atom stereocenters. The van der Waals surface area contributed by atoms with Crippen LogP contribution in [0, 0.1) is 0 Å². The summed E-state index contributed by atoms with van der Waals surface area (Å²) in [5, 5.41) is 4.86. The lowest BCUT2D eigenvalue weighted by atomic mass is 9.97. The van der Waals surface area contributed by atoms with Crippen LogP contribution in [0.15, 0.2) is 241 Å². The second-order valence-electron chi connectivity index (χ2n) is 16.1. The second-order valence-corrected chi connectivity index (χ2v) is 17.1. The number of para-hydroxylation sites is 1. The van der Waals surface area contributed by atoms with E-state index in [4.69, 9.17) is 4.42 Å². The van der Waals surface area contributed by atoms with E-state index in [0.29, 0.717) is 0 Å². The van der Waals surface area contributed by atoms with Gasteiger partial charge < -0.3 is 9.32 Å². The predicted molar refractivity (Wildman–Crippen MR) is 268 cm³/mol. The van der Waals surface area contributed by atoms with Crippen LogP contribution in [0.3, 0.4) is 0 Å². The van der Waals surface area contributed by atoms with Crippen LogP contribution in [0.4, 0.5) is 17.1 Å². The Bertz CT molecular complexity index is 3530. The van der Waals surface area contributed by atoms with E-state index in [1.807, 2.05) is 17.4 Å². The van der Waals surface area contributed by atoms with Gasteiger partial charge in [-0.15, -0.1) is 11.3 Å². The van der Waals surface area contributed by atoms with Crippen molar-refractivity contribution >= 4 is 70.5 Å². The zero-order valence-electron chi connectivity index (χ0n) is 34.3. The van der Waals surface area contributed by atoms with E-state index < -0.39 is 0 Å². The molecule has 10 aromatic carbocycles. The lowest BCUT2D eigenvalue weighted by Crippen LogP contribution is -2.10. The largest absolute Gasteiger partial charge is 0.455 e. The Morgan fingerprint density at radius 2 is 0.810 bits per heavy atom. The highest BCUT2D eigenvalue weighted by Gasteiger charge is 2.19. The first-order chi connectivity index (χ1) is 31.2. The summed E-state index contributed by atoms with van der Waals surface area (Å²) in [6.45, 7) is 0. The molecule has 0 amide bonds. The molecule has 0 aliphatic rings. The van der Waals surface area contributed by atoms with Crippen molar-refractivity contribution in [3.8, 4) is 55.6 Å². The minimum absolute atomic E-state index is 0.888. The van der Waals surface area contributed by atoms with Crippen LogP contribution < -0.4 is 4.90 Å². The summed E-state index contributed by atoms with van der Waals surface area (Å²) < 4.78 is 9.16. The Labute approximate surface area is 370 Å². The van der Waals surface area contributed by atoms with Gasteiger partial charge in [0.05, 0.1) is 0 Å². The number of hydrogen-bond donors (Lipinski definition) is 0. The fraction of sp³-hybridized carbons (Fsp3) is 0.